The normalized spacial score (nSPS) is 16.6. The van der Waals surface area contributed by atoms with Gasteiger partial charge in [-0.2, -0.15) is 0 Å². The molecule has 1 aliphatic rings. The molecule has 2 aromatic rings. The van der Waals surface area contributed by atoms with Crippen LogP contribution in [-0.2, 0) is 4.74 Å². The van der Waals surface area contributed by atoms with Gasteiger partial charge >= 0.3 is 6.09 Å². The highest BCUT2D eigenvalue weighted by Gasteiger charge is 2.23. The van der Waals surface area contributed by atoms with Crippen molar-refractivity contribution < 1.29 is 9.53 Å². The highest BCUT2D eigenvalue weighted by molar-refractivity contribution is 5.86. The van der Waals surface area contributed by atoms with E-state index in [1.165, 1.54) is 16.3 Å². The maximum Gasteiger partial charge on any atom is 0.421 e. The summed E-state index contributed by atoms with van der Waals surface area (Å²) in [6.07, 6.45) is 1.73. The second kappa shape index (κ2) is 6.79. The van der Waals surface area contributed by atoms with Crippen LogP contribution in [0.3, 0.4) is 0 Å². The quantitative estimate of drug-likeness (QED) is 0.940. The van der Waals surface area contributed by atoms with Crippen LogP contribution < -0.4 is 5.43 Å². The molecule has 0 aliphatic carbocycles. The number of nitrogens with one attached hydrogen (secondary N) is 1. The third-order valence-electron chi connectivity index (χ3n) is 4.28. The molecule has 1 saturated heterocycles. The van der Waals surface area contributed by atoms with E-state index in [0.29, 0.717) is 12.5 Å². The number of ether oxygens (including phenoxy) is 1. The van der Waals surface area contributed by atoms with Crippen LogP contribution in [0.1, 0.15) is 31.2 Å². The molecule has 0 bridgehead atoms. The Balaban J connectivity index is 1.67. The average Bonchev–Trinajstić information content (AvgIpc) is 2.55. The number of nitrogens with zero attached hydrogens (tertiary/aromatic N) is 1. The zero-order chi connectivity index (χ0) is 15.4. The lowest BCUT2D eigenvalue weighted by Crippen LogP contribution is -2.46. The van der Waals surface area contributed by atoms with Crippen LogP contribution in [0.15, 0.2) is 42.5 Å². The van der Waals surface area contributed by atoms with Crippen molar-refractivity contribution >= 4 is 16.9 Å². The minimum absolute atomic E-state index is 0.355. The third kappa shape index (κ3) is 3.22. The second-order valence-electron chi connectivity index (χ2n) is 5.66. The van der Waals surface area contributed by atoms with E-state index in [1.54, 1.807) is 0 Å². The highest BCUT2D eigenvalue weighted by Crippen LogP contribution is 2.32. The Hall–Kier alpha value is -2.07. The van der Waals surface area contributed by atoms with E-state index in [-0.39, 0.29) is 6.09 Å². The maximum absolute atomic E-state index is 11.5. The van der Waals surface area contributed by atoms with E-state index < -0.39 is 0 Å². The fraction of sp³-hybridized carbons (Fsp3) is 0.389. The molecule has 0 unspecified atom stereocenters. The monoisotopic (exact) mass is 298 g/mol. The van der Waals surface area contributed by atoms with Gasteiger partial charge in [0.15, 0.2) is 0 Å². The fourth-order valence-corrected chi connectivity index (χ4v) is 3.20. The van der Waals surface area contributed by atoms with Crippen LogP contribution in [0.5, 0.6) is 0 Å². The van der Waals surface area contributed by atoms with Crippen LogP contribution in [0.2, 0.25) is 0 Å². The molecule has 1 amide bonds. The summed E-state index contributed by atoms with van der Waals surface area (Å²) in [4.78, 5) is 11.5. The Morgan fingerprint density at radius 2 is 1.91 bits per heavy atom. The molecule has 1 heterocycles. The van der Waals surface area contributed by atoms with Gasteiger partial charge in [-0.25, -0.2) is 9.80 Å². The SMILES string of the molecule is CCOC(=O)NN1CCC(c2cccc3ccccc23)CC1. The molecule has 3 rings (SSSR count). The summed E-state index contributed by atoms with van der Waals surface area (Å²) < 4.78 is 4.92. The van der Waals surface area contributed by atoms with E-state index in [4.69, 9.17) is 4.74 Å². The molecule has 4 nitrogen and oxygen atoms in total. The number of carbonyl (C=O) groups excluding carboxylic acids is 1. The molecular weight excluding hydrogens is 276 g/mol. The number of benzene rings is 2. The third-order valence-corrected chi connectivity index (χ3v) is 4.28. The van der Waals surface area contributed by atoms with Crippen molar-refractivity contribution in [1.82, 2.24) is 10.4 Å². The van der Waals surface area contributed by atoms with Gasteiger partial charge in [0.05, 0.1) is 6.61 Å². The van der Waals surface area contributed by atoms with Gasteiger partial charge in [-0.05, 0) is 42.0 Å². The van der Waals surface area contributed by atoms with Crippen LogP contribution in [0.25, 0.3) is 10.8 Å². The Morgan fingerprint density at radius 1 is 1.18 bits per heavy atom. The molecule has 22 heavy (non-hydrogen) atoms. The minimum Gasteiger partial charge on any atom is -0.449 e. The largest absolute Gasteiger partial charge is 0.449 e. The molecule has 1 aliphatic heterocycles. The van der Waals surface area contributed by atoms with Crippen LogP contribution >= 0.6 is 0 Å². The lowest BCUT2D eigenvalue weighted by molar-refractivity contribution is 0.0952. The standard InChI is InChI=1S/C18H22N2O2/c1-2-22-18(21)19-20-12-10-15(11-13-20)17-9-5-7-14-6-3-4-8-16(14)17/h3-9,15H,2,10-13H2,1H3,(H,19,21). The first kappa shape index (κ1) is 14.9. The molecule has 2 aromatic carbocycles. The first-order valence-corrected chi connectivity index (χ1v) is 7.94. The fourth-order valence-electron chi connectivity index (χ4n) is 3.20. The molecule has 0 aromatic heterocycles. The molecule has 1 fully saturated rings. The smallest absolute Gasteiger partial charge is 0.421 e. The van der Waals surface area contributed by atoms with Gasteiger partial charge < -0.3 is 4.74 Å². The Labute approximate surface area is 131 Å². The summed E-state index contributed by atoms with van der Waals surface area (Å²) in [5.74, 6) is 0.548. The molecule has 0 radical (unpaired) electrons. The van der Waals surface area contributed by atoms with Crippen LogP contribution in [0.4, 0.5) is 4.79 Å². The van der Waals surface area contributed by atoms with E-state index in [1.807, 2.05) is 11.9 Å². The number of carbonyl (C=O) groups is 1. The summed E-state index contributed by atoms with van der Waals surface area (Å²) >= 11 is 0. The van der Waals surface area contributed by atoms with E-state index in [2.05, 4.69) is 47.9 Å². The summed E-state index contributed by atoms with van der Waals surface area (Å²) in [7, 11) is 0. The van der Waals surface area contributed by atoms with Gasteiger partial charge in [0.25, 0.3) is 0 Å². The summed E-state index contributed by atoms with van der Waals surface area (Å²) in [6.45, 7) is 3.92. The van der Waals surface area contributed by atoms with Gasteiger partial charge in [0, 0.05) is 13.1 Å². The Morgan fingerprint density at radius 3 is 2.68 bits per heavy atom. The predicted octanol–water partition coefficient (Wildman–Crippen LogP) is 3.68. The zero-order valence-electron chi connectivity index (χ0n) is 12.9. The number of hydrazine groups is 1. The van der Waals surface area contributed by atoms with E-state index in [9.17, 15) is 4.79 Å². The van der Waals surface area contributed by atoms with Crippen molar-refractivity contribution in [3.63, 3.8) is 0 Å². The molecule has 116 valence electrons. The Bertz CT molecular complexity index is 643. The van der Waals surface area contributed by atoms with Crippen molar-refractivity contribution in [2.45, 2.75) is 25.7 Å². The first-order chi connectivity index (χ1) is 10.8. The topological polar surface area (TPSA) is 41.6 Å². The highest BCUT2D eigenvalue weighted by atomic mass is 16.6. The van der Waals surface area contributed by atoms with Gasteiger partial charge in [-0.1, -0.05) is 42.5 Å². The van der Waals surface area contributed by atoms with Crippen molar-refractivity contribution in [2.24, 2.45) is 0 Å². The number of piperidine rings is 1. The minimum atomic E-state index is -0.355. The summed E-state index contributed by atoms with van der Waals surface area (Å²) in [6, 6.07) is 15.1. The average molecular weight is 298 g/mol. The first-order valence-electron chi connectivity index (χ1n) is 7.94. The van der Waals surface area contributed by atoms with E-state index >= 15 is 0 Å². The lowest BCUT2D eigenvalue weighted by atomic mass is 9.87. The van der Waals surface area contributed by atoms with Gasteiger partial charge in [-0.15, -0.1) is 0 Å². The summed E-state index contributed by atoms with van der Waals surface area (Å²) in [5.41, 5.74) is 4.23. The molecule has 1 N–H and O–H groups in total. The predicted molar refractivity (Wildman–Crippen MR) is 87.7 cm³/mol. The van der Waals surface area contributed by atoms with Crippen molar-refractivity contribution in [3.8, 4) is 0 Å². The van der Waals surface area contributed by atoms with Crippen molar-refractivity contribution in [3.05, 3.63) is 48.0 Å². The number of hydrogen-bond donors (Lipinski definition) is 1. The maximum atomic E-state index is 11.5. The summed E-state index contributed by atoms with van der Waals surface area (Å²) in [5, 5.41) is 4.61. The lowest BCUT2D eigenvalue weighted by Gasteiger charge is -2.32. The second-order valence-corrected chi connectivity index (χ2v) is 5.66. The molecule has 0 saturated carbocycles. The number of rotatable bonds is 3. The number of fused-ring (bicyclic) bond motifs is 1. The zero-order valence-corrected chi connectivity index (χ0v) is 12.9. The van der Waals surface area contributed by atoms with Gasteiger partial charge in [0.1, 0.15) is 0 Å². The van der Waals surface area contributed by atoms with Crippen LogP contribution in [0, 0.1) is 0 Å². The molecule has 4 heteroatoms. The molecular formula is C18H22N2O2. The van der Waals surface area contributed by atoms with E-state index in [0.717, 1.165) is 25.9 Å². The van der Waals surface area contributed by atoms with Crippen LogP contribution in [-0.4, -0.2) is 30.8 Å². The molecule has 0 atom stereocenters. The van der Waals surface area contributed by atoms with Gasteiger partial charge in [0.2, 0.25) is 0 Å². The number of hydrogen-bond acceptors (Lipinski definition) is 3. The van der Waals surface area contributed by atoms with Gasteiger partial charge in [-0.3, -0.25) is 5.43 Å². The van der Waals surface area contributed by atoms with Crippen molar-refractivity contribution in [1.29, 1.82) is 0 Å². The number of amides is 1. The Kier molecular flexibility index (Phi) is 4.59. The molecule has 0 spiro atoms. The van der Waals surface area contributed by atoms with Crippen molar-refractivity contribution in [2.75, 3.05) is 19.7 Å².